The first-order valence-electron chi connectivity index (χ1n) is 22.1. The Morgan fingerprint density at radius 3 is 2.11 bits per heavy atom. The third-order valence-corrected chi connectivity index (χ3v) is 16.1. The van der Waals surface area contributed by atoms with Gasteiger partial charge in [0.2, 0.25) is 5.95 Å². The van der Waals surface area contributed by atoms with Gasteiger partial charge in [-0.25, -0.2) is 4.98 Å². The number of thiophene rings is 1. The van der Waals surface area contributed by atoms with Gasteiger partial charge in [-0.1, -0.05) is 137 Å². The first kappa shape index (κ1) is 35.4. The Morgan fingerprint density at radius 2 is 1.24 bits per heavy atom. The Balaban J connectivity index is 1.12. The molecule has 300 valence electrons. The molecule has 0 N–H and O–H groups in total. The van der Waals surface area contributed by atoms with Crippen LogP contribution in [0.15, 0.2) is 158 Å². The Hall–Kier alpha value is -7.15. The minimum Gasteiger partial charge on any atom is -0.309 e. The van der Waals surface area contributed by atoms with Crippen LogP contribution in [-0.2, 0) is 10.8 Å². The molecule has 0 saturated carbocycles. The number of para-hydroxylation sites is 1. The smallest absolute Gasteiger partial charge is 0.238 e. The third-order valence-electron chi connectivity index (χ3n) is 14.9. The lowest BCUT2D eigenvalue weighted by atomic mass is 9.54. The van der Waals surface area contributed by atoms with Crippen molar-refractivity contribution in [3.63, 3.8) is 0 Å². The number of benzene rings is 8. The van der Waals surface area contributed by atoms with E-state index in [1.807, 2.05) is 17.4 Å². The quantitative estimate of drug-likeness (QED) is 0.178. The molecule has 2 unspecified atom stereocenters. The van der Waals surface area contributed by atoms with E-state index in [1.165, 1.54) is 85.9 Å². The standard InChI is InChI=1S/C57H41N5S/c1-32-31-56(2,3)42-20-13-22-45-51(42)57(32,4)43-21-12-19-38-39-29-41-47(30-46(39)61(45)52(38)43)62(44-26-24-33-14-8-9-17-36(33)50(41)44)55-59-53(34-15-6-5-7-16-34)58-54(60-55)35-25-27-49-40(28-35)37-18-10-11-23-48(37)63-49/h5-30,32H,31H2,1-4H3. The molecule has 12 aromatic rings. The normalized spacial score (nSPS) is 17.8. The lowest BCUT2D eigenvalue weighted by molar-refractivity contribution is 0.250. The Bertz CT molecular complexity index is 3960. The molecule has 4 aromatic heterocycles. The topological polar surface area (TPSA) is 48.5 Å². The van der Waals surface area contributed by atoms with Gasteiger partial charge in [0.05, 0.1) is 27.8 Å². The lowest BCUT2D eigenvalue weighted by Crippen LogP contribution is -2.45. The van der Waals surface area contributed by atoms with Crippen molar-refractivity contribution < 1.29 is 0 Å². The van der Waals surface area contributed by atoms with E-state index < -0.39 is 0 Å². The molecule has 0 saturated heterocycles. The summed E-state index contributed by atoms with van der Waals surface area (Å²) in [5.74, 6) is 2.35. The fourth-order valence-corrected chi connectivity index (χ4v) is 13.1. The van der Waals surface area contributed by atoms with Crippen molar-refractivity contribution in [2.24, 2.45) is 5.92 Å². The largest absolute Gasteiger partial charge is 0.309 e. The van der Waals surface area contributed by atoms with E-state index in [1.54, 1.807) is 0 Å². The predicted molar refractivity (Wildman–Crippen MR) is 263 cm³/mol. The molecule has 0 bridgehead atoms. The van der Waals surface area contributed by atoms with Crippen LogP contribution >= 0.6 is 11.3 Å². The first-order valence-corrected chi connectivity index (χ1v) is 22.9. The molecule has 2 atom stereocenters. The molecule has 8 aromatic carbocycles. The van der Waals surface area contributed by atoms with Gasteiger partial charge in [-0.15, -0.1) is 11.3 Å². The molecule has 2 aliphatic rings. The van der Waals surface area contributed by atoms with Gasteiger partial charge in [-0.2, -0.15) is 9.97 Å². The summed E-state index contributed by atoms with van der Waals surface area (Å²) < 4.78 is 7.42. The fraction of sp³-hybridized carbons (Fsp3) is 0.140. The van der Waals surface area contributed by atoms with Gasteiger partial charge < -0.3 is 4.57 Å². The third kappa shape index (κ3) is 4.63. The minimum atomic E-state index is -0.115. The van der Waals surface area contributed by atoms with Crippen molar-refractivity contribution in [1.29, 1.82) is 0 Å². The van der Waals surface area contributed by atoms with Crippen LogP contribution in [0.5, 0.6) is 0 Å². The van der Waals surface area contributed by atoms with Crippen molar-refractivity contribution in [2.75, 3.05) is 0 Å². The van der Waals surface area contributed by atoms with Crippen LogP contribution in [-0.4, -0.2) is 24.1 Å². The van der Waals surface area contributed by atoms with Crippen molar-refractivity contribution in [3.8, 4) is 34.4 Å². The number of rotatable bonds is 3. The van der Waals surface area contributed by atoms with E-state index in [2.05, 4.69) is 188 Å². The molecule has 0 amide bonds. The van der Waals surface area contributed by atoms with Gasteiger partial charge in [0.1, 0.15) is 0 Å². The van der Waals surface area contributed by atoms with E-state index in [9.17, 15) is 0 Å². The van der Waals surface area contributed by atoms with Gasteiger partial charge in [0, 0.05) is 58.3 Å². The van der Waals surface area contributed by atoms with Gasteiger partial charge in [-0.3, -0.25) is 4.57 Å². The molecule has 0 radical (unpaired) electrons. The first-order chi connectivity index (χ1) is 30.8. The zero-order valence-electron chi connectivity index (χ0n) is 35.4. The molecule has 1 aliphatic carbocycles. The summed E-state index contributed by atoms with van der Waals surface area (Å²) in [5.41, 5.74) is 12.2. The zero-order chi connectivity index (χ0) is 41.9. The van der Waals surface area contributed by atoms with Crippen LogP contribution < -0.4 is 0 Å². The van der Waals surface area contributed by atoms with E-state index in [0.717, 1.165) is 28.6 Å². The summed E-state index contributed by atoms with van der Waals surface area (Å²) in [7, 11) is 0. The Labute approximate surface area is 367 Å². The number of aromatic nitrogens is 5. The van der Waals surface area contributed by atoms with E-state index >= 15 is 0 Å². The Morgan fingerprint density at radius 1 is 0.524 bits per heavy atom. The number of hydrogen-bond acceptors (Lipinski definition) is 4. The minimum absolute atomic E-state index is 0.0628. The van der Waals surface area contributed by atoms with Crippen LogP contribution in [0, 0.1) is 5.92 Å². The summed E-state index contributed by atoms with van der Waals surface area (Å²) >= 11 is 1.82. The maximum atomic E-state index is 5.46. The average molecular weight is 828 g/mol. The second-order valence-corrected chi connectivity index (χ2v) is 19.9. The van der Waals surface area contributed by atoms with E-state index in [-0.39, 0.29) is 10.8 Å². The van der Waals surface area contributed by atoms with Gasteiger partial charge in [0.25, 0.3) is 0 Å². The van der Waals surface area contributed by atoms with Crippen LogP contribution in [0.25, 0.3) is 109 Å². The summed E-state index contributed by atoms with van der Waals surface area (Å²) in [6, 6.07) is 57.9. The predicted octanol–water partition coefficient (Wildman–Crippen LogP) is 14.9. The molecule has 63 heavy (non-hydrogen) atoms. The molecule has 0 spiro atoms. The lowest BCUT2D eigenvalue weighted by Gasteiger charge is -2.51. The van der Waals surface area contributed by atoms with Crippen LogP contribution in [0.1, 0.15) is 50.8 Å². The fourth-order valence-electron chi connectivity index (χ4n) is 12.0. The van der Waals surface area contributed by atoms with Crippen molar-refractivity contribution in [2.45, 2.75) is 44.9 Å². The van der Waals surface area contributed by atoms with Gasteiger partial charge in [-0.05, 0) is 93.7 Å². The highest BCUT2D eigenvalue weighted by molar-refractivity contribution is 7.25. The maximum Gasteiger partial charge on any atom is 0.238 e. The van der Waals surface area contributed by atoms with E-state index in [0.29, 0.717) is 23.5 Å². The highest BCUT2D eigenvalue weighted by atomic mass is 32.1. The average Bonchev–Trinajstić information content (AvgIpc) is 3.97. The van der Waals surface area contributed by atoms with Crippen molar-refractivity contribution in [1.82, 2.24) is 24.1 Å². The highest BCUT2D eigenvalue weighted by Gasteiger charge is 2.50. The molecule has 5 nitrogen and oxygen atoms in total. The molecule has 14 rings (SSSR count). The summed E-state index contributed by atoms with van der Waals surface area (Å²) in [4.78, 5) is 16.1. The monoisotopic (exact) mass is 827 g/mol. The molecule has 1 aliphatic heterocycles. The zero-order valence-corrected chi connectivity index (χ0v) is 36.3. The number of fused-ring (bicyclic) bond motifs is 13. The molecule has 0 fully saturated rings. The second-order valence-electron chi connectivity index (χ2n) is 18.8. The van der Waals surface area contributed by atoms with Gasteiger partial charge >= 0.3 is 0 Å². The SMILES string of the molecule is CC1CC(C)(C)c2cccc3c2C1(C)c1cccc2c4cc5c6c7ccccc7ccc6n(-c6nc(-c7ccccc7)nc(-c7ccc8sc9ccccc9c8c7)n6)c5cc4n-3c12. The maximum absolute atomic E-state index is 5.46. The molecular weight excluding hydrogens is 787 g/mol. The van der Waals surface area contributed by atoms with Crippen LogP contribution in [0.4, 0.5) is 0 Å². The van der Waals surface area contributed by atoms with E-state index in [4.69, 9.17) is 15.0 Å². The molecule has 6 heteroatoms. The van der Waals surface area contributed by atoms with Gasteiger partial charge in [0.15, 0.2) is 11.6 Å². The molecule has 5 heterocycles. The number of nitrogens with zero attached hydrogens (tertiary/aromatic N) is 5. The summed E-state index contributed by atoms with van der Waals surface area (Å²) in [5, 5.41) is 9.82. The summed E-state index contributed by atoms with van der Waals surface area (Å²) in [6.07, 6.45) is 1.14. The highest BCUT2D eigenvalue weighted by Crippen LogP contribution is 2.59. The summed E-state index contributed by atoms with van der Waals surface area (Å²) in [6.45, 7) is 9.85. The number of hydrogen-bond donors (Lipinski definition) is 0. The van der Waals surface area contributed by atoms with Crippen LogP contribution in [0.2, 0.25) is 0 Å². The van der Waals surface area contributed by atoms with Crippen molar-refractivity contribution >= 4 is 85.9 Å². The Kier molecular flexibility index (Phi) is 6.90. The van der Waals surface area contributed by atoms with Crippen molar-refractivity contribution in [3.05, 3.63) is 174 Å². The second kappa shape index (κ2) is 12.3. The molecular formula is C57H41N5S. The van der Waals surface area contributed by atoms with Crippen LogP contribution in [0.3, 0.4) is 0 Å².